The highest BCUT2D eigenvalue weighted by Gasteiger charge is 2.22. The van der Waals surface area contributed by atoms with Crippen LogP contribution in [0.25, 0.3) is 10.9 Å². The Hall–Kier alpha value is -3.95. The molecule has 0 radical (unpaired) electrons. The van der Waals surface area contributed by atoms with Crippen LogP contribution in [-0.2, 0) is 6.67 Å². The first kappa shape index (κ1) is 23.8. The number of piperazine rings is 1. The molecule has 0 atom stereocenters. The van der Waals surface area contributed by atoms with E-state index in [9.17, 15) is 5.11 Å². The fourth-order valence-corrected chi connectivity index (χ4v) is 4.63. The van der Waals surface area contributed by atoms with Crippen molar-refractivity contribution in [2.75, 3.05) is 43.5 Å². The number of benzene rings is 3. The smallest absolute Gasteiger partial charge is 0.221 e. The van der Waals surface area contributed by atoms with Gasteiger partial charge >= 0.3 is 0 Å². The SMILES string of the molecule is COc1ccccc1NC(=S)N=Nc1c(O)n(CN2CCN(c3ccccc3)CC2)c2ccccc12. The molecule has 1 fully saturated rings. The number of ether oxygens (including phenoxy) is 1. The van der Waals surface area contributed by atoms with E-state index >= 15 is 0 Å². The van der Waals surface area contributed by atoms with Gasteiger partial charge in [0.25, 0.3) is 0 Å². The second-order valence-electron chi connectivity index (χ2n) is 8.53. The Labute approximate surface area is 215 Å². The molecule has 0 unspecified atom stereocenters. The Morgan fingerprint density at radius 2 is 1.64 bits per heavy atom. The van der Waals surface area contributed by atoms with E-state index < -0.39 is 0 Å². The third-order valence-corrected chi connectivity index (χ3v) is 6.53. The van der Waals surface area contributed by atoms with Crippen molar-refractivity contribution in [1.82, 2.24) is 9.47 Å². The molecule has 0 amide bonds. The van der Waals surface area contributed by atoms with Crippen LogP contribution in [-0.4, -0.2) is 53.0 Å². The number of methoxy groups -OCH3 is 1. The van der Waals surface area contributed by atoms with Crippen LogP contribution in [0.4, 0.5) is 17.1 Å². The van der Waals surface area contributed by atoms with Crippen LogP contribution in [0.3, 0.4) is 0 Å². The molecule has 1 aliphatic heterocycles. The van der Waals surface area contributed by atoms with Crippen LogP contribution in [0.15, 0.2) is 89.1 Å². The van der Waals surface area contributed by atoms with E-state index in [0.717, 1.165) is 37.1 Å². The van der Waals surface area contributed by atoms with Crippen LogP contribution >= 0.6 is 12.2 Å². The summed E-state index contributed by atoms with van der Waals surface area (Å²) in [5.41, 5.74) is 3.24. The van der Waals surface area contributed by atoms with E-state index in [2.05, 4.69) is 49.6 Å². The Kier molecular flexibility index (Phi) is 7.11. The number of aromatic nitrogens is 1. The number of fused-ring (bicyclic) bond motifs is 1. The van der Waals surface area contributed by atoms with Gasteiger partial charge in [0.15, 0.2) is 5.69 Å². The van der Waals surface area contributed by atoms with Crippen molar-refractivity contribution in [3.63, 3.8) is 0 Å². The monoisotopic (exact) mass is 500 g/mol. The molecular formula is C27H28N6O2S. The third-order valence-electron chi connectivity index (χ3n) is 6.34. The van der Waals surface area contributed by atoms with Gasteiger partial charge in [0.05, 0.1) is 25.0 Å². The quantitative estimate of drug-likeness (QED) is 0.264. The predicted octanol–water partition coefficient (Wildman–Crippen LogP) is 5.62. The Morgan fingerprint density at radius 3 is 2.42 bits per heavy atom. The van der Waals surface area contributed by atoms with Crippen molar-refractivity contribution in [2.24, 2.45) is 10.2 Å². The molecule has 3 aromatic carbocycles. The maximum atomic E-state index is 11.1. The minimum atomic E-state index is 0.0746. The Morgan fingerprint density at radius 1 is 0.944 bits per heavy atom. The van der Waals surface area contributed by atoms with Crippen LogP contribution < -0.4 is 15.0 Å². The highest BCUT2D eigenvalue weighted by molar-refractivity contribution is 7.80. The van der Waals surface area contributed by atoms with E-state index in [1.165, 1.54) is 5.69 Å². The standard InChI is InChI=1S/C27H28N6O2S/c1-35-24-14-8-6-12-22(24)28-27(36)30-29-25-21-11-5-7-13-23(21)33(26(25)34)19-31-15-17-32(18-16-31)20-9-3-2-4-10-20/h2-14,34H,15-19H2,1H3,(H,28,36). The molecule has 0 aliphatic carbocycles. The lowest BCUT2D eigenvalue weighted by Crippen LogP contribution is -2.46. The van der Waals surface area contributed by atoms with Crippen molar-refractivity contribution in [2.45, 2.75) is 6.67 Å². The summed E-state index contributed by atoms with van der Waals surface area (Å²) < 4.78 is 7.24. The Bertz CT molecular complexity index is 1380. The molecule has 0 bridgehead atoms. The number of hydrogen-bond acceptors (Lipinski definition) is 6. The van der Waals surface area contributed by atoms with Crippen molar-refractivity contribution >= 4 is 45.3 Å². The lowest BCUT2D eigenvalue weighted by atomic mass is 10.2. The van der Waals surface area contributed by atoms with Gasteiger partial charge in [-0.15, -0.1) is 10.2 Å². The minimum Gasteiger partial charge on any atom is -0.495 e. The number of rotatable bonds is 6. The molecule has 1 saturated heterocycles. The number of thiocarbonyl (C=S) groups is 1. The van der Waals surface area contributed by atoms with Crippen LogP contribution in [0, 0.1) is 0 Å². The number of nitrogens with zero attached hydrogens (tertiary/aromatic N) is 5. The van der Waals surface area contributed by atoms with Gasteiger partial charge in [-0.2, -0.15) is 0 Å². The number of azo groups is 1. The van der Waals surface area contributed by atoms with Crippen molar-refractivity contribution in [3.8, 4) is 11.6 Å². The maximum absolute atomic E-state index is 11.1. The number of aromatic hydroxyl groups is 1. The molecule has 1 aliphatic rings. The summed E-state index contributed by atoms with van der Waals surface area (Å²) in [6, 6.07) is 25.7. The molecule has 0 saturated carbocycles. The van der Waals surface area contributed by atoms with Gasteiger partial charge < -0.3 is 20.1 Å². The minimum absolute atomic E-state index is 0.0746. The molecule has 2 heterocycles. The highest BCUT2D eigenvalue weighted by atomic mass is 32.1. The maximum Gasteiger partial charge on any atom is 0.221 e. The Balaban J connectivity index is 1.32. The average Bonchev–Trinajstić information content (AvgIpc) is 3.19. The first-order chi connectivity index (χ1) is 17.6. The van der Waals surface area contributed by atoms with Gasteiger partial charge in [0.1, 0.15) is 5.75 Å². The average molecular weight is 501 g/mol. The van der Waals surface area contributed by atoms with E-state index in [4.69, 9.17) is 17.0 Å². The number of anilines is 2. The summed E-state index contributed by atoms with van der Waals surface area (Å²) in [7, 11) is 1.60. The molecule has 0 spiro atoms. The van der Waals surface area contributed by atoms with Gasteiger partial charge in [0.2, 0.25) is 11.0 Å². The van der Waals surface area contributed by atoms with E-state index in [1.54, 1.807) is 7.11 Å². The van der Waals surface area contributed by atoms with Crippen molar-refractivity contribution in [1.29, 1.82) is 0 Å². The fourth-order valence-electron chi connectivity index (χ4n) is 4.48. The van der Waals surface area contributed by atoms with Gasteiger partial charge in [0, 0.05) is 37.3 Å². The van der Waals surface area contributed by atoms with Crippen LogP contribution in [0.5, 0.6) is 11.6 Å². The normalized spacial score (nSPS) is 14.4. The van der Waals surface area contributed by atoms with E-state index in [1.807, 2.05) is 59.2 Å². The van der Waals surface area contributed by atoms with Crippen LogP contribution in [0.2, 0.25) is 0 Å². The summed E-state index contributed by atoms with van der Waals surface area (Å²) in [5, 5.41) is 23.7. The van der Waals surface area contributed by atoms with Gasteiger partial charge in [-0.25, -0.2) is 0 Å². The van der Waals surface area contributed by atoms with Gasteiger partial charge in [-0.05, 0) is 42.5 Å². The fraction of sp³-hybridized carbons (Fsp3) is 0.222. The molecule has 9 heteroatoms. The first-order valence-electron chi connectivity index (χ1n) is 11.8. The van der Waals surface area contributed by atoms with Crippen LogP contribution in [0.1, 0.15) is 0 Å². The molecule has 2 N–H and O–H groups in total. The molecule has 36 heavy (non-hydrogen) atoms. The summed E-state index contributed by atoms with van der Waals surface area (Å²) in [6.45, 7) is 4.21. The largest absolute Gasteiger partial charge is 0.495 e. The number of hydrogen-bond donors (Lipinski definition) is 2. The number of nitrogens with one attached hydrogen (secondary N) is 1. The molecule has 5 rings (SSSR count). The summed E-state index contributed by atoms with van der Waals surface area (Å²) in [5.74, 6) is 0.729. The molecule has 8 nitrogen and oxygen atoms in total. The molecular weight excluding hydrogens is 472 g/mol. The van der Waals surface area contributed by atoms with Gasteiger partial charge in [-0.1, -0.05) is 48.5 Å². The molecule has 1 aromatic heterocycles. The van der Waals surface area contributed by atoms with Gasteiger partial charge in [-0.3, -0.25) is 9.47 Å². The van der Waals surface area contributed by atoms with Crippen molar-refractivity contribution in [3.05, 3.63) is 78.9 Å². The first-order valence-corrected chi connectivity index (χ1v) is 12.2. The summed E-state index contributed by atoms with van der Waals surface area (Å²) >= 11 is 5.37. The predicted molar refractivity (Wildman–Crippen MR) is 148 cm³/mol. The second-order valence-corrected chi connectivity index (χ2v) is 8.92. The van der Waals surface area contributed by atoms with Crippen molar-refractivity contribution < 1.29 is 9.84 Å². The lowest BCUT2D eigenvalue weighted by Gasteiger charge is -2.36. The third kappa shape index (κ3) is 5.02. The second kappa shape index (κ2) is 10.8. The molecule has 4 aromatic rings. The summed E-state index contributed by atoms with van der Waals surface area (Å²) in [4.78, 5) is 4.72. The highest BCUT2D eigenvalue weighted by Crippen LogP contribution is 2.39. The summed E-state index contributed by atoms with van der Waals surface area (Å²) in [6.07, 6.45) is 0. The zero-order valence-electron chi connectivity index (χ0n) is 20.0. The lowest BCUT2D eigenvalue weighted by molar-refractivity contribution is 0.200. The topological polar surface area (TPSA) is 77.6 Å². The number of para-hydroxylation sites is 4. The van der Waals surface area contributed by atoms with E-state index in [-0.39, 0.29) is 11.0 Å². The molecule has 184 valence electrons. The zero-order valence-corrected chi connectivity index (χ0v) is 20.9. The van der Waals surface area contributed by atoms with E-state index in [0.29, 0.717) is 23.8 Å². The zero-order chi connectivity index (χ0) is 24.9.